The van der Waals surface area contributed by atoms with Crippen LogP contribution in [0.25, 0.3) is 0 Å². The first kappa shape index (κ1) is 14.7. The number of aliphatic hydroxyl groups excluding tert-OH is 2. The molecule has 0 aliphatic carbocycles. The Hall–Kier alpha value is -2.32. The number of amides is 1. The lowest BCUT2D eigenvalue weighted by Gasteiger charge is -2.16. The third-order valence-electron chi connectivity index (χ3n) is 2.43. The number of carbonyl (C=O) groups excluding carboxylic acids is 2. The molecule has 0 aliphatic heterocycles. The number of nitro benzene ring substituents is 1. The Kier molecular flexibility index (Phi) is 4.67. The van der Waals surface area contributed by atoms with E-state index in [9.17, 15) is 29.9 Å². The van der Waals surface area contributed by atoms with Gasteiger partial charge in [0.2, 0.25) is 5.91 Å². The number of aldehydes is 1. The fourth-order valence-electron chi connectivity index (χ4n) is 1.54. The van der Waals surface area contributed by atoms with Crippen LogP contribution in [0.5, 0.6) is 0 Å². The van der Waals surface area contributed by atoms with Crippen molar-refractivity contribution in [3.05, 3.63) is 39.4 Å². The van der Waals surface area contributed by atoms with Crippen LogP contribution in [0.1, 0.15) is 28.4 Å². The van der Waals surface area contributed by atoms with Crippen LogP contribution in [-0.4, -0.2) is 33.4 Å². The number of rotatable bonds is 6. The van der Waals surface area contributed by atoms with Crippen molar-refractivity contribution in [3.8, 4) is 0 Å². The van der Waals surface area contributed by atoms with Crippen molar-refractivity contribution < 1.29 is 24.7 Å². The average molecular weight is 268 g/mol. The topological polar surface area (TPSA) is 144 Å². The highest BCUT2D eigenvalue weighted by Crippen LogP contribution is 2.24. The molecule has 0 fully saturated rings. The Morgan fingerprint density at radius 1 is 1.42 bits per heavy atom. The van der Waals surface area contributed by atoms with E-state index in [1.807, 2.05) is 0 Å². The Labute approximate surface area is 107 Å². The second kappa shape index (κ2) is 6.03. The normalized spacial score (nSPS) is 13.6. The van der Waals surface area contributed by atoms with Crippen molar-refractivity contribution in [2.75, 3.05) is 0 Å². The predicted molar refractivity (Wildman–Crippen MR) is 63.3 cm³/mol. The fourth-order valence-corrected chi connectivity index (χ4v) is 1.54. The number of primary amides is 1. The van der Waals surface area contributed by atoms with Gasteiger partial charge in [0.25, 0.3) is 5.69 Å². The van der Waals surface area contributed by atoms with Crippen LogP contribution in [0.3, 0.4) is 0 Å². The summed E-state index contributed by atoms with van der Waals surface area (Å²) in [5, 5.41) is 30.0. The molecule has 0 radical (unpaired) electrons. The molecule has 0 aromatic heterocycles. The van der Waals surface area contributed by atoms with Crippen LogP contribution in [0, 0.1) is 10.1 Å². The fraction of sp³-hybridized carbons (Fsp3) is 0.273. The van der Waals surface area contributed by atoms with Crippen molar-refractivity contribution in [3.63, 3.8) is 0 Å². The standard InChI is InChI=1S/C11H12N2O6/c12-10(16)4-9(15)11(17)7-1-6(5-14)2-8(3-7)13(18)19/h1-3,5,9,11,15,17H,4H2,(H2,12,16). The Morgan fingerprint density at radius 2 is 2.05 bits per heavy atom. The monoisotopic (exact) mass is 268 g/mol. The molecule has 2 unspecified atom stereocenters. The predicted octanol–water partition coefficient (Wildman–Crippen LogP) is -0.323. The number of hydrogen-bond donors (Lipinski definition) is 3. The van der Waals surface area contributed by atoms with E-state index in [-0.39, 0.29) is 11.1 Å². The van der Waals surface area contributed by atoms with E-state index in [4.69, 9.17) is 5.73 Å². The number of nitrogens with zero attached hydrogens (tertiary/aromatic N) is 1. The van der Waals surface area contributed by atoms with Gasteiger partial charge in [-0.3, -0.25) is 19.7 Å². The van der Waals surface area contributed by atoms with Gasteiger partial charge in [-0.2, -0.15) is 0 Å². The Bertz CT molecular complexity index is 516. The molecule has 2 atom stereocenters. The number of non-ortho nitro benzene ring substituents is 1. The second-order valence-electron chi connectivity index (χ2n) is 3.92. The number of nitrogens with two attached hydrogens (primary N) is 1. The van der Waals surface area contributed by atoms with Gasteiger partial charge in [-0.15, -0.1) is 0 Å². The third-order valence-corrected chi connectivity index (χ3v) is 2.43. The van der Waals surface area contributed by atoms with E-state index in [0.29, 0.717) is 6.29 Å². The maximum atomic E-state index is 10.7. The van der Waals surface area contributed by atoms with Gasteiger partial charge in [-0.25, -0.2) is 0 Å². The van der Waals surface area contributed by atoms with Crippen molar-refractivity contribution in [2.45, 2.75) is 18.6 Å². The smallest absolute Gasteiger partial charge is 0.270 e. The number of nitro groups is 1. The second-order valence-corrected chi connectivity index (χ2v) is 3.92. The lowest BCUT2D eigenvalue weighted by atomic mass is 9.99. The van der Waals surface area contributed by atoms with Crippen LogP contribution >= 0.6 is 0 Å². The van der Waals surface area contributed by atoms with Gasteiger partial charge in [0.1, 0.15) is 12.4 Å². The number of carbonyl (C=O) groups is 2. The van der Waals surface area contributed by atoms with Crippen molar-refractivity contribution in [2.24, 2.45) is 5.73 Å². The van der Waals surface area contributed by atoms with Gasteiger partial charge >= 0.3 is 0 Å². The van der Waals surface area contributed by atoms with E-state index >= 15 is 0 Å². The summed E-state index contributed by atoms with van der Waals surface area (Å²) in [5.41, 5.74) is 4.41. The highest BCUT2D eigenvalue weighted by atomic mass is 16.6. The summed E-state index contributed by atoms with van der Waals surface area (Å²) in [7, 11) is 0. The molecule has 1 rings (SSSR count). The number of benzene rings is 1. The molecule has 8 heteroatoms. The molecule has 4 N–H and O–H groups in total. The zero-order valence-electron chi connectivity index (χ0n) is 9.72. The maximum Gasteiger partial charge on any atom is 0.270 e. The molecule has 0 aliphatic rings. The summed E-state index contributed by atoms with van der Waals surface area (Å²) >= 11 is 0. The molecule has 0 saturated heterocycles. The van der Waals surface area contributed by atoms with Crippen LogP contribution < -0.4 is 5.73 Å². The van der Waals surface area contributed by atoms with Gasteiger partial charge in [0.05, 0.1) is 17.4 Å². The van der Waals surface area contributed by atoms with Crippen LogP contribution in [-0.2, 0) is 4.79 Å². The zero-order valence-corrected chi connectivity index (χ0v) is 9.72. The average Bonchev–Trinajstić information content (AvgIpc) is 2.36. The first-order valence-corrected chi connectivity index (χ1v) is 5.24. The van der Waals surface area contributed by atoms with Gasteiger partial charge < -0.3 is 15.9 Å². The van der Waals surface area contributed by atoms with Crippen molar-refractivity contribution >= 4 is 17.9 Å². The maximum absolute atomic E-state index is 10.7. The van der Waals surface area contributed by atoms with E-state index < -0.39 is 35.1 Å². The third kappa shape index (κ3) is 3.83. The summed E-state index contributed by atoms with van der Waals surface area (Å²) in [6.45, 7) is 0. The minimum atomic E-state index is -1.55. The van der Waals surface area contributed by atoms with E-state index in [1.165, 1.54) is 6.07 Å². The molecule has 102 valence electrons. The highest BCUT2D eigenvalue weighted by molar-refractivity contribution is 5.77. The van der Waals surface area contributed by atoms with Gasteiger partial charge in [0.15, 0.2) is 0 Å². The number of aliphatic hydroxyl groups is 2. The molecule has 1 amide bonds. The molecule has 0 saturated carbocycles. The quantitative estimate of drug-likeness (QED) is 0.366. The summed E-state index contributed by atoms with van der Waals surface area (Å²) < 4.78 is 0. The lowest BCUT2D eigenvalue weighted by Crippen LogP contribution is -2.25. The van der Waals surface area contributed by atoms with Crippen molar-refractivity contribution in [1.82, 2.24) is 0 Å². The van der Waals surface area contributed by atoms with Crippen LogP contribution in [0.15, 0.2) is 18.2 Å². The summed E-state index contributed by atoms with van der Waals surface area (Å²) in [5.74, 6) is -0.826. The molecule has 1 aromatic rings. The molecule has 1 aromatic carbocycles. The first-order valence-electron chi connectivity index (χ1n) is 5.24. The molecule has 0 bridgehead atoms. The van der Waals surface area contributed by atoms with E-state index in [2.05, 4.69) is 0 Å². The van der Waals surface area contributed by atoms with Gasteiger partial charge in [0, 0.05) is 17.7 Å². The Balaban J connectivity index is 3.11. The molecule has 0 heterocycles. The van der Waals surface area contributed by atoms with E-state index in [0.717, 1.165) is 12.1 Å². The van der Waals surface area contributed by atoms with Crippen LogP contribution in [0.2, 0.25) is 0 Å². The summed E-state index contributed by atoms with van der Waals surface area (Å²) in [6.07, 6.45) is -3.17. The molecular formula is C11H12N2O6. The lowest BCUT2D eigenvalue weighted by molar-refractivity contribution is -0.385. The van der Waals surface area contributed by atoms with Gasteiger partial charge in [-0.05, 0) is 11.6 Å². The minimum Gasteiger partial charge on any atom is -0.390 e. The van der Waals surface area contributed by atoms with E-state index in [1.54, 1.807) is 0 Å². The van der Waals surface area contributed by atoms with Crippen molar-refractivity contribution in [1.29, 1.82) is 0 Å². The largest absolute Gasteiger partial charge is 0.390 e. The summed E-state index contributed by atoms with van der Waals surface area (Å²) in [6, 6.07) is 3.24. The molecule has 19 heavy (non-hydrogen) atoms. The first-order chi connectivity index (χ1) is 8.85. The molecule has 0 spiro atoms. The minimum absolute atomic E-state index is 0.0190. The zero-order chi connectivity index (χ0) is 14.6. The summed E-state index contributed by atoms with van der Waals surface area (Å²) in [4.78, 5) is 31.2. The highest BCUT2D eigenvalue weighted by Gasteiger charge is 2.23. The van der Waals surface area contributed by atoms with Crippen LogP contribution in [0.4, 0.5) is 5.69 Å². The number of hydrogen-bond acceptors (Lipinski definition) is 6. The Morgan fingerprint density at radius 3 is 2.53 bits per heavy atom. The molecular weight excluding hydrogens is 256 g/mol. The van der Waals surface area contributed by atoms with Gasteiger partial charge in [-0.1, -0.05) is 0 Å². The molecule has 8 nitrogen and oxygen atoms in total. The SMILES string of the molecule is NC(=O)CC(O)C(O)c1cc(C=O)cc([N+](=O)[O-])c1.